The van der Waals surface area contributed by atoms with Crippen molar-refractivity contribution in [1.29, 1.82) is 0 Å². The molecule has 1 aliphatic rings. The molecule has 1 rings (SSSR count). The van der Waals surface area contributed by atoms with Crippen LogP contribution in [0.4, 0.5) is 0 Å². The summed E-state index contributed by atoms with van der Waals surface area (Å²) in [7, 11) is 0. The number of halogens is 3. The first kappa shape index (κ1) is 7.42. The molecule has 0 saturated carbocycles. The van der Waals surface area contributed by atoms with Crippen LogP contribution in [0.3, 0.4) is 0 Å². The Kier molecular flexibility index (Phi) is 1.79. The maximum Gasteiger partial charge on any atom is 0.180 e. The average molecular weight is 185 g/mol. The van der Waals surface area contributed by atoms with E-state index in [4.69, 9.17) is 39.9 Å². The quantitative estimate of drug-likeness (QED) is 0.574. The van der Waals surface area contributed by atoms with E-state index in [2.05, 4.69) is 0 Å². The first-order valence-electron chi connectivity index (χ1n) is 2.20. The van der Waals surface area contributed by atoms with Crippen molar-refractivity contribution in [1.82, 2.24) is 0 Å². The van der Waals surface area contributed by atoms with Crippen LogP contribution in [0.2, 0.25) is 0 Å². The molecule has 1 nitrogen and oxygen atoms in total. The van der Waals surface area contributed by atoms with E-state index in [1.807, 2.05) is 0 Å². The Labute approximate surface area is 67.5 Å². The van der Waals surface area contributed by atoms with Gasteiger partial charge in [-0.25, -0.2) is 0 Å². The van der Waals surface area contributed by atoms with E-state index < -0.39 is 5.06 Å². The fourth-order valence-electron chi connectivity index (χ4n) is 0.535. The van der Waals surface area contributed by atoms with Crippen molar-refractivity contribution in [2.45, 2.75) is 5.06 Å². The van der Waals surface area contributed by atoms with Gasteiger partial charge in [0.2, 0.25) is 0 Å². The molecule has 1 aliphatic carbocycles. The summed E-state index contributed by atoms with van der Waals surface area (Å²) in [5.41, 5.74) is 0. The third kappa shape index (κ3) is 1.62. The summed E-state index contributed by atoms with van der Waals surface area (Å²) < 4.78 is 0. The molecule has 0 radical (unpaired) electrons. The second-order valence-electron chi connectivity index (χ2n) is 1.71. The predicted molar refractivity (Wildman–Crippen MR) is 38.7 cm³/mol. The third-order valence-corrected chi connectivity index (χ3v) is 1.83. The highest BCUT2D eigenvalue weighted by atomic mass is 35.5. The predicted octanol–water partition coefficient (Wildman–Crippen LogP) is 2.17. The van der Waals surface area contributed by atoms with Crippen LogP contribution in [-0.2, 0) is 0 Å². The van der Waals surface area contributed by atoms with Crippen molar-refractivity contribution in [3.05, 3.63) is 22.2 Å². The molecule has 4 heteroatoms. The van der Waals surface area contributed by atoms with Crippen molar-refractivity contribution < 1.29 is 5.11 Å². The van der Waals surface area contributed by atoms with E-state index in [0.717, 1.165) is 0 Å². The molecule has 9 heavy (non-hydrogen) atoms. The Morgan fingerprint density at radius 2 is 1.56 bits per heavy atom. The molecule has 0 aromatic heterocycles. The van der Waals surface area contributed by atoms with Crippen LogP contribution >= 0.6 is 34.8 Å². The van der Waals surface area contributed by atoms with E-state index in [1.165, 1.54) is 12.2 Å². The van der Waals surface area contributed by atoms with Crippen LogP contribution in [0.1, 0.15) is 0 Å². The average Bonchev–Trinajstić information content (AvgIpc) is 1.79. The van der Waals surface area contributed by atoms with Crippen LogP contribution < -0.4 is 0 Å². The fourth-order valence-corrected chi connectivity index (χ4v) is 1.31. The van der Waals surface area contributed by atoms with Crippen molar-refractivity contribution in [2.75, 3.05) is 0 Å². The van der Waals surface area contributed by atoms with E-state index in [-0.39, 0.29) is 10.1 Å². The second kappa shape index (κ2) is 2.17. The molecule has 0 aromatic rings. The summed E-state index contributed by atoms with van der Waals surface area (Å²) in [5, 5.41) is 8.07. The van der Waals surface area contributed by atoms with Crippen molar-refractivity contribution in [3.63, 3.8) is 0 Å². The normalized spacial score (nSPS) is 23.6. The van der Waals surface area contributed by atoms with Crippen LogP contribution in [-0.4, -0.2) is 10.2 Å². The highest BCUT2D eigenvalue weighted by Crippen LogP contribution is 2.34. The molecule has 0 unspecified atom stereocenters. The Bertz CT molecular complexity index is 172. The highest BCUT2D eigenvalue weighted by Gasteiger charge is 2.25. The minimum Gasteiger partial charge on any atom is -0.368 e. The zero-order chi connectivity index (χ0) is 7.07. The molecule has 50 valence electrons. The number of alkyl halides is 1. The Morgan fingerprint density at radius 3 is 1.67 bits per heavy atom. The lowest BCUT2D eigenvalue weighted by molar-refractivity contribution is 0.232. The topological polar surface area (TPSA) is 20.2 Å². The largest absolute Gasteiger partial charge is 0.368 e. The van der Waals surface area contributed by atoms with Gasteiger partial charge >= 0.3 is 0 Å². The van der Waals surface area contributed by atoms with Gasteiger partial charge in [-0.15, -0.1) is 0 Å². The minimum atomic E-state index is -1.48. The Morgan fingerprint density at radius 1 is 1.22 bits per heavy atom. The van der Waals surface area contributed by atoms with Gasteiger partial charge < -0.3 is 5.11 Å². The number of hydrogen-bond acceptors (Lipinski definition) is 1. The summed E-state index contributed by atoms with van der Waals surface area (Å²) in [6, 6.07) is 0. The molecular weight excluding hydrogens is 182 g/mol. The summed E-state index contributed by atoms with van der Waals surface area (Å²) in [5.74, 6) is 0. The van der Waals surface area contributed by atoms with Gasteiger partial charge in [0.1, 0.15) is 0 Å². The molecule has 1 N–H and O–H groups in total. The smallest absolute Gasteiger partial charge is 0.180 e. The summed E-state index contributed by atoms with van der Waals surface area (Å²) in [6.07, 6.45) is 2.52. The van der Waals surface area contributed by atoms with Gasteiger partial charge in [-0.05, 0) is 12.2 Å². The fraction of sp³-hybridized carbons (Fsp3) is 0.200. The van der Waals surface area contributed by atoms with Gasteiger partial charge in [-0.3, -0.25) is 0 Å². The van der Waals surface area contributed by atoms with Gasteiger partial charge in [0.25, 0.3) is 0 Å². The van der Waals surface area contributed by atoms with Crippen LogP contribution in [0.5, 0.6) is 0 Å². The minimum absolute atomic E-state index is 0.286. The summed E-state index contributed by atoms with van der Waals surface area (Å²) >= 11 is 16.3. The maximum atomic E-state index is 8.98. The van der Waals surface area contributed by atoms with Crippen LogP contribution in [0.25, 0.3) is 0 Å². The van der Waals surface area contributed by atoms with Gasteiger partial charge in [0.05, 0.1) is 10.1 Å². The molecule has 0 amide bonds. The lowest BCUT2D eigenvalue weighted by atomic mass is 10.4. The third-order valence-electron chi connectivity index (χ3n) is 0.886. The van der Waals surface area contributed by atoms with Gasteiger partial charge in [-0.1, -0.05) is 34.8 Å². The zero-order valence-electron chi connectivity index (χ0n) is 4.24. The lowest BCUT2D eigenvalue weighted by Gasteiger charge is -2.03. The van der Waals surface area contributed by atoms with Gasteiger partial charge in [0, 0.05) is 0 Å². The standard InChI is InChI=1S/C5H3Cl3O/c6-3-1-5(8,9)2-4(3)7/h1-2,9H. The molecule has 0 saturated heterocycles. The zero-order valence-corrected chi connectivity index (χ0v) is 6.50. The van der Waals surface area contributed by atoms with Crippen molar-refractivity contribution in [2.24, 2.45) is 0 Å². The SMILES string of the molecule is OC1(Cl)C=C(Cl)C(Cl)=C1. The number of hydrogen-bond donors (Lipinski definition) is 1. The second-order valence-corrected chi connectivity index (χ2v) is 3.13. The number of allylic oxidation sites excluding steroid dienone is 2. The van der Waals surface area contributed by atoms with E-state index in [0.29, 0.717) is 0 Å². The maximum absolute atomic E-state index is 8.98. The molecule has 0 fully saturated rings. The highest BCUT2D eigenvalue weighted by molar-refractivity contribution is 6.46. The van der Waals surface area contributed by atoms with E-state index >= 15 is 0 Å². The monoisotopic (exact) mass is 184 g/mol. The van der Waals surface area contributed by atoms with Gasteiger partial charge in [-0.2, -0.15) is 0 Å². The molecule has 0 spiro atoms. The summed E-state index contributed by atoms with van der Waals surface area (Å²) in [4.78, 5) is 0. The van der Waals surface area contributed by atoms with E-state index in [1.54, 1.807) is 0 Å². The molecule has 0 aliphatic heterocycles. The Hall–Kier alpha value is 0.310. The molecular formula is C5H3Cl3O. The summed E-state index contributed by atoms with van der Waals surface area (Å²) in [6.45, 7) is 0. The number of aliphatic hydroxyl groups is 1. The van der Waals surface area contributed by atoms with Crippen molar-refractivity contribution >= 4 is 34.8 Å². The molecule has 0 aromatic carbocycles. The molecule has 0 atom stereocenters. The van der Waals surface area contributed by atoms with Crippen LogP contribution in [0, 0.1) is 0 Å². The molecule has 0 bridgehead atoms. The number of rotatable bonds is 0. The van der Waals surface area contributed by atoms with E-state index in [9.17, 15) is 0 Å². The Balaban J connectivity index is 2.96. The first-order valence-corrected chi connectivity index (χ1v) is 3.33. The lowest BCUT2D eigenvalue weighted by Crippen LogP contribution is -2.09. The van der Waals surface area contributed by atoms with Crippen molar-refractivity contribution in [3.8, 4) is 0 Å². The van der Waals surface area contributed by atoms with Crippen LogP contribution in [0.15, 0.2) is 22.2 Å². The first-order chi connectivity index (χ1) is 4.01. The molecule has 0 heterocycles. The van der Waals surface area contributed by atoms with Gasteiger partial charge in [0.15, 0.2) is 5.06 Å².